The van der Waals surface area contributed by atoms with Gasteiger partial charge in [-0.1, -0.05) is 0 Å². The number of anilines is 1. The molecule has 0 aromatic heterocycles. The molecule has 0 radical (unpaired) electrons. The van der Waals surface area contributed by atoms with Crippen LogP contribution in [0, 0.1) is 15.9 Å². The van der Waals surface area contributed by atoms with E-state index in [1.54, 1.807) is 0 Å². The van der Waals surface area contributed by atoms with E-state index in [9.17, 15) is 19.3 Å². The minimum absolute atomic E-state index is 0.0471. The molecule has 0 unspecified atom stereocenters. The molecular weight excluding hydrogens is 219 g/mol. The van der Waals surface area contributed by atoms with Crippen molar-refractivity contribution < 1.29 is 19.2 Å². The van der Waals surface area contributed by atoms with Crippen LogP contribution in [0.25, 0.3) is 6.08 Å². The average Bonchev–Trinajstić information content (AvgIpc) is 2.19. The standard InChI is InChI=1S/C9H7FN2O4/c10-7-4-6(12(15)16)3-5(9(7)11)1-2-8(13)14/h1-4H,11H2,(H,13,14). The van der Waals surface area contributed by atoms with Gasteiger partial charge in [-0.25, -0.2) is 9.18 Å². The molecule has 0 aliphatic heterocycles. The third kappa shape index (κ3) is 2.53. The SMILES string of the molecule is Nc1c(F)cc([N+](=O)[O-])cc1C=CC(=O)O. The van der Waals surface area contributed by atoms with Gasteiger partial charge in [0, 0.05) is 17.7 Å². The predicted octanol–water partition coefficient (Wildman–Crippen LogP) is 1.41. The summed E-state index contributed by atoms with van der Waals surface area (Å²) in [5.74, 6) is -2.22. The maximum atomic E-state index is 13.1. The lowest BCUT2D eigenvalue weighted by Crippen LogP contribution is -1.98. The molecule has 84 valence electrons. The van der Waals surface area contributed by atoms with Crippen LogP contribution in [0.4, 0.5) is 15.8 Å². The average molecular weight is 226 g/mol. The van der Waals surface area contributed by atoms with Gasteiger partial charge in [-0.15, -0.1) is 0 Å². The number of benzene rings is 1. The third-order valence-corrected chi connectivity index (χ3v) is 1.76. The number of nitrogens with zero attached hydrogens (tertiary/aromatic N) is 1. The lowest BCUT2D eigenvalue weighted by molar-refractivity contribution is -0.385. The Hall–Kier alpha value is -2.44. The van der Waals surface area contributed by atoms with Crippen molar-refractivity contribution in [2.24, 2.45) is 0 Å². The molecule has 0 aliphatic carbocycles. The van der Waals surface area contributed by atoms with Gasteiger partial charge in [0.25, 0.3) is 5.69 Å². The number of non-ortho nitro benzene ring substituents is 1. The molecule has 0 saturated carbocycles. The topological polar surface area (TPSA) is 106 Å². The van der Waals surface area contributed by atoms with Crippen molar-refractivity contribution in [1.29, 1.82) is 0 Å². The van der Waals surface area contributed by atoms with Gasteiger partial charge in [0.1, 0.15) is 0 Å². The number of halogens is 1. The Morgan fingerprint density at radius 2 is 2.19 bits per heavy atom. The summed E-state index contributed by atoms with van der Waals surface area (Å²) >= 11 is 0. The molecule has 6 nitrogen and oxygen atoms in total. The Kier molecular flexibility index (Phi) is 3.19. The van der Waals surface area contributed by atoms with E-state index in [1.807, 2.05) is 0 Å². The largest absolute Gasteiger partial charge is 0.478 e. The summed E-state index contributed by atoms with van der Waals surface area (Å²) in [5, 5.41) is 18.8. The van der Waals surface area contributed by atoms with Gasteiger partial charge >= 0.3 is 5.97 Å². The van der Waals surface area contributed by atoms with E-state index < -0.39 is 22.4 Å². The Bertz CT molecular complexity index is 485. The lowest BCUT2D eigenvalue weighted by atomic mass is 10.1. The van der Waals surface area contributed by atoms with Gasteiger partial charge in [-0.3, -0.25) is 10.1 Å². The van der Waals surface area contributed by atoms with Crippen LogP contribution in [0.3, 0.4) is 0 Å². The van der Waals surface area contributed by atoms with Gasteiger partial charge in [0.15, 0.2) is 5.82 Å². The first-order chi connectivity index (χ1) is 7.41. The van der Waals surface area contributed by atoms with E-state index in [2.05, 4.69) is 0 Å². The number of carboxylic acid groups (broad SMARTS) is 1. The van der Waals surface area contributed by atoms with Gasteiger partial charge < -0.3 is 10.8 Å². The number of nitro benzene ring substituents is 1. The minimum Gasteiger partial charge on any atom is -0.478 e. The van der Waals surface area contributed by atoms with Crippen molar-refractivity contribution in [3.63, 3.8) is 0 Å². The maximum Gasteiger partial charge on any atom is 0.328 e. The molecule has 0 saturated heterocycles. The van der Waals surface area contributed by atoms with E-state index in [-0.39, 0.29) is 11.3 Å². The number of carbonyl (C=O) groups is 1. The van der Waals surface area contributed by atoms with Gasteiger partial charge in [0.05, 0.1) is 16.7 Å². The molecule has 1 aromatic rings. The molecule has 0 amide bonds. The summed E-state index contributed by atoms with van der Waals surface area (Å²) < 4.78 is 13.1. The van der Waals surface area contributed by atoms with Crippen molar-refractivity contribution >= 4 is 23.4 Å². The lowest BCUT2D eigenvalue weighted by Gasteiger charge is -2.01. The van der Waals surface area contributed by atoms with Crippen LogP contribution in [0.2, 0.25) is 0 Å². The molecular formula is C9H7FN2O4. The number of nitrogen functional groups attached to an aromatic ring is 1. The fourth-order valence-electron chi connectivity index (χ4n) is 1.03. The van der Waals surface area contributed by atoms with Crippen molar-refractivity contribution in [3.05, 3.63) is 39.7 Å². The summed E-state index contributed by atoms with van der Waals surface area (Å²) in [5.41, 5.74) is 4.43. The number of hydrogen-bond acceptors (Lipinski definition) is 4. The van der Waals surface area contributed by atoms with E-state index in [1.165, 1.54) is 0 Å². The van der Waals surface area contributed by atoms with Crippen molar-refractivity contribution in [2.75, 3.05) is 5.73 Å². The molecule has 0 fully saturated rings. The van der Waals surface area contributed by atoms with E-state index in [4.69, 9.17) is 10.8 Å². The monoisotopic (exact) mass is 226 g/mol. The number of nitro groups is 1. The fourth-order valence-corrected chi connectivity index (χ4v) is 1.03. The molecule has 1 rings (SSSR count). The molecule has 0 spiro atoms. The van der Waals surface area contributed by atoms with Crippen molar-refractivity contribution in [3.8, 4) is 0 Å². The Morgan fingerprint density at radius 3 is 2.69 bits per heavy atom. The van der Waals surface area contributed by atoms with Crippen molar-refractivity contribution in [2.45, 2.75) is 0 Å². The van der Waals surface area contributed by atoms with Gasteiger partial charge in [-0.2, -0.15) is 0 Å². The van der Waals surface area contributed by atoms with Crippen molar-refractivity contribution in [1.82, 2.24) is 0 Å². The summed E-state index contributed by atoms with van der Waals surface area (Å²) in [4.78, 5) is 19.9. The van der Waals surface area contributed by atoms with Crippen LogP contribution in [0.15, 0.2) is 18.2 Å². The van der Waals surface area contributed by atoms with E-state index in [0.717, 1.165) is 18.2 Å². The van der Waals surface area contributed by atoms with Crippen LogP contribution >= 0.6 is 0 Å². The predicted molar refractivity (Wildman–Crippen MR) is 54.1 cm³/mol. The van der Waals surface area contributed by atoms with Gasteiger partial charge in [0.2, 0.25) is 0 Å². The summed E-state index contributed by atoms with van der Waals surface area (Å²) in [6.07, 6.45) is 1.71. The molecule has 1 aromatic carbocycles. The van der Waals surface area contributed by atoms with Crippen LogP contribution < -0.4 is 5.73 Å². The first-order valence-electron chi connectivity index (χ1n) is 4.06. The minimum atomic E-state index is -1.26. The number of carboxylic acids is 1. The zero-order valence-corrected chi connectivity index (χ0v) is 7.88. The molecule has 0 aliphatic rings. The van der Waals surface area contributed by atoms with Crippen LogP contribution in [-0.4, -0.2) is 16.0 Å². The van der Waals surface area contributed by atoms with Gasteiger partial charge in [-0.05, 0) is 6.08 Å². The highest BCUT2D eigenvalue weighted by molar-refractivity contribution is 5.87. The fraction of sp³-hybridized carbons (Fsp3) is 0. The number of aliphatic carboxylic acids is 1. The molecule has 0 heterocycles. The number of nitrogens with two attached hydrogens (primary N) is 1. The van der Waals surface area contributed by atoms with E-state index >= 15 is 0 Å². The second-order valence-electron chi connectivity index (χ2n) is 2.86. The highest BCUT2D eigenvalue weighted by atomic mass is 19.1. The molecule has 16 heavy (non-hydrogen) atoms. The summed E-state index contributed by atoms with van der Waals surface area (Å²) in [6.45, 7) is 0. The van der Waals surface area contributed by atoms with Crippen LogP contribution in [0.1, 0.15) is 5.56 Å². The molecule has 0 bridgehead atoms. The third-order valence-electron chi connectivity index (χ3n) is 1.76. The van der Waals surface area contributed by atoms with Crippen LogP contribution in [0.5, 0.6) is 0 Å². The number of hydrogen-bond donors (Lipinski definition) is 2. The molecule has 0 atom stereocenters. The highest BCUT2D eigenvalue weighted by Crippen LogP contribution is 2.24. The Balaban J connectivity index is 3.27. The molecule has 7 heteroatoms. The zero-order chi connectivity index (χ0) is 12.3. The number of rotatable bonds is 3. The zero-order valence-electron chi connectivity index (χ0n) is 7.88. The Morgan fingerprint density at radius 1 is 1.56 bits per heavy atom. The van der Waals surface area contributed by atoms with E-state index in [0.29, 0.717) is 6.07 Å². The first kappa shape index (κ1) is 11.6. The highest BCUT2D eigenvalue weighted by Gasteiger charge is 2.13. The normalized spacial score (nSPS) is 10.6. The quantitative estimate of drug-likeness (QED) is 0.350. The Labute approximate surface area is 89.0 Å². The van der Waals surface area contributed by atoms with Crippen LogP contribution in [-0.2, 0) is 4.79 Å². The smallest absolute Gasteiger partial charge is 0.328 e. The summed E-state index contributed by atoms with van der Waals surface area (Å²) in [6, 6.07) is 1.67. The summed E-state index contributed by atoms with van der Waals surface area (Å²) in [7, 11) is 0. The second-order valence-corrected chi connectivity index (χ2v) is 2.86. The molecule has 3 N–H and O–H groups in total. The first-order valence-corrected chi connectivity index (χ1v) is 4.06. The maximum absolute atomic E-state index is 13.1. The second kappa shape index (κ2) is 4.39.